The van der Waals surface area contributed by atoms with Gasteiger partial charge >= 0.3 is 0 Å². The summed E-state index contributed by atoms with van der Waals surface area (Å²) in [6.45, 7) is 1.86. The van der Waals surface area contributed by atoms with Crippen LogP contribution in [-0.4, -0.2) is 11.1 Å². The maximum absolute atomic E-state index is 12.6. The molecule has 0 saturated carbocycles. The first-order chi connectivity index (χ1) is 5.59. The summed E-state index contributed by atoms with van der Waals surface area (Å²) >= 11 is 0. The Balaban J connectivity index is 2.82. The molecule has 1 rings (SSSR count). The van der Waals surface area contributed by atoms with E-state index in [0.29, 0.717) is 6.42 Å². The SMILES string of the molecule is C[C@H](N)Cc1ccc(F)c(O)c1. The number of phenols is 1. The third-order valence-electron chi connectivity index (χ3n) is 1.57. The Kier molecular flexibility index (Phi) is 2.65. The highest BCUT2D eigenvalue weighted by atomic mass is 19.1. The van der Waals surface area contributed by atoms with Crippen molar-refractivity contribution in [2.75, 3.05) is 0 Å². The van der Waals surface area contributed by atoms with Crippen molar-refractivity contribution < 1.29 is 9.50 Å². The smallest absolute Gasteiger partial charge is 0.164 e. The lowest BCUT2D eigenvalue weighted by Crippen LogP contribution is -2.17. The first-order valence-corrected chi connectivity index (χ1v) is 3.82. The topological polar surface area (TPSA) is 46.2 Å². The van der Waals surface area contributed by atoms with Crippen molar-refractivity contribution in [2.24, 2.45) is 5.73 Å². The highest BCUT2D eigenvalue weighted by Gasteiger charge is 2.02. The molecule has 0 amide bonds. The molecule has 12 heavy (non-hydrogen) atoms. The van der Waals surface area contributed by atoms with Crippen molar-refractivity contribution in [3.8, 4) is 5.75 Å². The molecule has 0 aliphatic heterocycles. The van der Waals surface area contributed by atoms with E-state index in [0.717, 1.165) is 5.56 Å². The van der Waals surface area contributed by atoms with E-state index in [4.69, 9.17) is 10.8 Å². The number of hydrogen-bond donors (Lipinski definition) is 2. The Hall–Kier alpha value is -1.09. The minimum atomic E-state index is -0.594. The summed E-state index contributed by atoms with van der Waals surface area (Å²) < 4.78 is 12.6. The molecule has 66 valence electrons. The molecule has 0 bridgehead atoms. The van der Waals surface area contributed by atoms with Gasteiger partial charge in [-0.1, -0.05) is 6.07 Å². The van der Waals surface area contributed by atoms with Gasteiger partial charge in [0, 0.05) is 6.04 Å². The quantitative estimate of drug-likeness (QED) is 0.703. The van der Waals surface area contributed by atoms with Crippen LogP contribution in [0.15, 0.2) is 18.2 Å². The zero-order valence-corrected chi connectivity index (χ0v) is 6.92. The van der Waals surface area contributed by atoms with E-state index in [1.165, 1.54) is 12.1 Å². The molecule has 2 nitrogen and oxygen atoms in total. The molecule has 3 heteroatoms. The molecule has 1 atom stereocenters. The second kappa shape index (κ2) is 3.54. The van der Waals surface area contributed by atoms with Gasteiger partial charge in [0.1, 0.15) is 0 Å². The fraction of sp³-hybridized carbons (Fsp3) is 0.333. The van der Waals surface area contributed by atoms with Crippen molar-refractivity contribution in [3.63, 3.8) is 0 Å². The van der Waals surface area contributed by atoms with Crippen LogP contribution in [0.25, 0.3) is 0 Å². The molecule has 0 aliphatic rings. The van der Waals surface area contributed by atoms with Crippen molar-refractivity contribution in [1.29, 1.82) is 0 Å². The number of nitrogens with two attached hydrogens (primary N) is 1. The normalized spacial score (nSPS) is 12.9. The maximum Gasteiger partial charge on any atom is 0.164 e. The Morgan fingerprint density at radius 2 is 2.25 bits per heavy atom. The summed E-state index contributed by atoms with van der Waals surface area (Å²) in [7, 11) is 0. The van der Waals surface area contributed by atoms with Gasteiger partial charge in [0.05, 0.1) is 0 Å². The molecule has 0 unspecified atom stereocenters. The number of aromatic hydroxyl groups is 1. The standard InChI is InChI=1S/C9H12FNO/c1-6(11)4-7-2-3-8(10)9(12)5-7/h2-3,5-6,12H,4,11H2,1H3/t6-/m0/s1. The van der Waals surface area contributed by atoms with Crippen LogP contribution in [0.4, 0.5) is 4.39 Å². The second-order valence-corrected chi connectivity index (χ2v) is 2.97. The van der Waals surface area contributed by atoms with E-state index in [1.54, 1.807) is 6.07 Å². The van der Waals surface area contributed by atoms with Gasteiger partial charge in [0.15, 0.2) is 11.6 Å². The van der Waals surface area contributed by atoms with Crippen LogP contribution in [0.2, 0.25) is 0 Å². The molecule has 0 radical (unpaired) electrons. The zero-order chi connectivity index (χ0) is 9.14. The molecule has 0 aromatic heterocycles. The molecule has 3 N–H and O–H groups in total. The molecule has 0 spiro atoms. The van der Waals surface area contributed by atoms with Crippen molar-refractivity contribution in [1.82, 2.24) is 0 Å². The highest BCUT2D eigenvalue weighted by Crippen LogP contribution is 2.17. The first kappa shape index (κ1) is 9.00. The molecule has 0 saturated heterocycles. The first-order valence-electron chi connectivity index (χ1n) is 3.82. The molecule has 0 aliphatic carbocycles. The average Bonchev–Trinajstić information content (AvgIpc) is 1.96. The molecule has 0 fully saturated rings. The third-order valence-corrected chi connectivity index (χ3v) is 1.57. The third kappa shape index (κ3) is 2.20. The van der Waals surface area contributed by atoms with E-state index in [9.17, 15) is 4.39 Å². The van der Waals surface area contributed by atoms with Gasteiger partial charge in [-0.25, -0.2) is 4.39 Å². The minimum Gasteiger partial charge on any atom is -0.505 e. The summed E-state index contributed by atoms with van der Waals surface area (Å²) in [6.07, 6.45) is 0.647. The highest BCUT2D eigenvalue weighted by molar-refractivity contribution is 5.29. The zero-order valence-electron chi connectivity index (χ0n) is 6.92. The van der Waals surface area contributed by atoms with E-state index in [-0.39, 0.29) is 11.8 Å². The van der Waals surface area contributed by atoms with E-state index < -0.39 is 5.82 Å². The average molecular weight is 169 g/mol. The van der Waals surface area contributed by atoms with Crippen LogP contribution >= 0.6 is 0 Å². The number of halogens is 1. The Labute approximate surface area is 70.8 Å². The second-order valence-electron chi connectivity index (χ2n) is 2.97. The fourth-order valence-electron chi connectivity index (χ4n) is 1.06. The predicted octanol–water partition coefficient (Wildman–Crippen LogP) is 1.42. The summed E-state index contributed by atoms with van der Waals surface area (Å²) in [5, 5.41) is 9.00. The summed E-state index contributed by atoms with van der Waals surface area (Å²) in [5.41, 5.74) is 6.39. The van der Waals surface area contributed by atoms with Gasteiger partial charge in [-0.15, -0.1) is 0 Å². The Morgan fingerprint density at radius 3 is 2.75 bits per heavy atom. The van der Waals surface area contributed by atoms with Gasteiger partial charge in [-0.3, -0.25) is 0 Å². The van der Waals surface area contributed by atoms with Gasteiger partial charge < -0.3 is 10.8 Å². The Bertz CT molecular complexity index is 273. The number of phenolic OH excluding ortho intramolecular Hbond substituents is 1. The monoisotopic (exact) mass is 169 g/mol. The number of rotatable bonds is 2. The van der Waals surface area contributed by atoms with Crippen LogP contribution < -0.4 is 5.73 Å². The van der Waals surface area contributed by atoms with E-state index in [1.807, 2.05) is 6.92 Å². The van der Waals surface area contributed by atoms with Crippen LogP contribution in [0.3, 0.4) is 0 Å². The van der Waals surface area contributed by atoms with Gasteiger partial charge in [0.2, 0.25) is 0 Å². The summed E-state index contributed by atoms with van der Waals surface area (Å²) in [4.78, 5) is 0. The van der Waals surface area contributed by atoms with Crippen molar-refractivity contribution >= 4 is 0 Å². The number of hydrogen-bond acceptors (Lipinski definition) is 2. The summed E-state index contributed by atoms with van der Waals surface area (Å²) in [5.74, 6) is -0.906. The van der Waals surface area contributed by atoms with Crippen LogP contribution in [0, 0.1) is 5.82 Å². The van der Waals surface area contributed by atoms with Crippen molar-refractivity contribution in [3.05, 3.63) is 29.6 Å². The maximum atomic E-state index is 12.6. The van der Waals surface area contributed by atoms with E-state index >= 15 is 0 Å². The lowest BCUT2D eigenvalue weighted by atomic mass is 10.1. The molecular weight excluding hydrogens is 157 g/mol. The molecular formula is C9H12FNO. The van der Waals surface area contributed by atoms with Crippen LogP contribution in [0.1, 0.15) is 12.5 Å². The van der Waals surface area contributed by atoms with Gasteiger partial charge in [0.25, 0.3) is 0 Å². The predicted molar refractivity (Wildman–Crippen MR) is 45.4 cm³/mol. The van der Waals surface area contributed by atoms with E-state index in [2.05, 4.69) is 0 Å². The lowest BCUT2D eigenvalue weighted by Gasteiger charge is -2.05. The van der Waals surface area contributed by atoms with Crippen molar-refractivity contribution in [2.45, 2.75) is 19.4 Å². The van der Waals surface area contributed by atoms with Crippen LogP contribution in [0.5, 0.6) is 5.75 Å². The summed E-state index contributed by atoms with van der Waals surface area (Å²) in [6, 6.07) is 4.29. The van der Waals surface area contributed by atoms with Gasteiger partial charge in [-0.05, 0) is 31.0 Å². The molecule has 1 aromatic carbocycles. The minimum absolute atomic E-state index is 0.0230. The molecule has 0 heterocycles. The lowest BCUT2D eigenvalue weighted by molar-refractivity contribution is 0.431. The fourth-order valence-corrected chi connectivity index (χ4v) is 1.06. The largest absolute Gasteiger partial charge is 0.505 e. The number of benzene rings is 1. The van der Waals surface area contributed by atoms with Gasteiger partial charge in [-0.2, -0.15) is 0 Å². The Morgan fingerprint density at radius 1 is 1.58 bits per heavy atom. The molecule has 1 aromatic rings. The van der Waals surface area contributed by atoms with Crippen LogP contribution in [-0.2, 0) is 6.42 Å².